The predicted octanol–water partition coefficient (Wildman–Crippen LogP) is 3.56. The van der Waals surface area contributed by atoms with Crippen molar-refractivity contribution in [1.82, 2.24) is 5.32 Å². The molecule has 1 N–H and O–H groups in total. The zero-order chi connectivity index (χ0) is 19.4. The Balaban J connectivity index is 0.00000280. The van der Waals surface area contributed by atoms with Crippen molar-refractivity contribution in [2.75, 3.05) is 13.1 Å². The summed E-state index contributed by atoms with van der Waals surface area (Å²) < 4.78 is 0. The van der Waals surface area contributed by atoms with Crippen molar-refractivity contribution < 1.29 is 14.6 Å². The third kappa shape index (κ3) is 4.87. The van der Waals surface area contributed by atoms with Gasteiger partial charge in [-0.15, -0.1) is 12.4 Å². The lowest BCUT2D eigenvalue weighted by molar-refractivity contribution is -0.385. The molecular weight excluding hydrogens is 386 g/mol. The van der Waals surface area contributed by atoms with Crippen molar-refractivity contribution >= 4 is 41.7 Å². The number of hydrogen-bond donors (Lipinski definition) is 1. The summed E-state index contributed by atoms with van der Waals surface area (Å²) in [4.78, 5) is 33.2. The molecule has 144 valence electrons. The second kappa shape index (κ2) is 9.03. The lowest BCUT2D eigenvalue weighted by Crippen LogP contribution is -2.32. The molecule has 0 saturated carbocycles. The summed E-state index contributed by atoms with van der Waals surface area (Å²) in [5.74, 6) is -0.120. The molecule has 0 aromatic heterocycles. The Morgan fingerprint density at radius 2 is 1.11 bits per heavy atom. The van der Waals surface area contributed by atoms with Crippen LogP contribution in [0.4, 0.5) is 11.4 Å². The van der Waals surface area contributed by atoms with Gasteiger partial charge in [0.1, 0.15) is 0 Å². The van der Waals surface area contributed by atoms with Crippen molar-refractivity contribution in [2.24, 2.45) is 0 Å². The van der Waals surface area contributed by atoms with Crippen LogP contribution in [0.15, 0.2) is 59.7 Å². The fourth-order valence-corrected chi connectivity index (χ4v) is 2.72. The van der Waals surface area contributed by atoms with Gasteiger partial charge in [0.25, 0.3) is 11.4 Å². The van der Waals surface area contributed by atoms with Crippen LogP contribution in [0.25, 0.3) is 12.2 Å². The maximum atomic E-state index is 12.7. The van der Waals surface area contributed by atoms with Crippen LogP contribution in [0, 0.1) is 20.2 Å². The maximum Gasteiger partial charge on any atom is 0.269 e. The van der Waals surface area contributed by atoms with E-state index in [4.69, 9.17) is 0 Å². The van der Waals surface area contributed by atoms with E-state index in [1.807, 2.05) is 0 Å². The molecule has 1 aliphatic heterocycles. The van der Waals surface area contributed by atoms with Crippen molar-refractivity contribution in [3.63, 3.8) is 0 Å². The molecule has 28 heavy (non-hydrogen) atoms. The Kier molecular flexibility index (Phi) is 6.75. The first-order valence-corrected chi connectivity index (χ1v) is 8.09. The lowest BCUT2D eigenvalue weighted by atomic mass is 9.95. The SMILES string of the molecule is Cl.O=C1/C(=C/c2ccc([N+](=O)[O-])cc2)CNC/C1=C\c1ccc([N+](=O)[O-])cc1. The first-order valence-electron chi connectivity index (χ1n) is 8.09. The smallest absolute Gasteiger partial charge is 0.269 e. The molecule has 1 heterocycles. The van der Waals surface area contributed by atoms with Crippen LogP contribution in [0.5, 0.6) is 0 Å². The third-order valence-electron chi connectivity index (χ3n) is 4.10. The molecular formula is C19H16ClN3O5. The van der Waals surface area contributed by atoms with Gasteiger partial charge in [-0.1, -0.05) is 0 Å². The number of non-ortho nitro benzene ring substituents is 2. The van der Waals surface area contributed by atoms with Crippen LogP contribution in [0.2, 0.25) is 0 Å². The summed E-state index contributed by atoms with van der Waals surface area (Å²) in [6.07, 6.45) is 3.39. The van der Waals surface area contributed by atoms with Crippen LogP contribution in [-0.4, -0.2) is 28.7 Å². The zero-order valence-corrected chi connectivity index (χ0v) is 15.3. The quantitative estimate of drug-likeness (QED) is 0.475. The Hall–Kier alpha value is -3.36. The van der Waals surface area contributed by atoms with E-state index in [9.17, 15) is 25.0 Å². The van der Waals surface area contributed by atoms with Crippen LogP contribution < -0.4 is 5.32 Å². The van der Waals surface area contributed by atoms with E-state index in [-0.39, 0.29) is 29.6 Å². The molecule has 0 bridgehead atoms. The van der Waals surface area contributed by atoms with E-state index >= 15 is 0 Å². The Morgan fingerprint density at radius 1 is 0.750 bits per heavy atom. The molecule has 2 aromatic carbocycles. The van der Waals surface area contributed by atoms with Gasteiger partial charge in [-0.05, 0) is 47.5 Å². The number of benzene rings is 2. The maximum absolute atomic E-state index is 12.7. The van der Waals surface area contributed by atoms with Crippen LogP contribution in [0.1, 0.15) is 11.1 Å². The van der Waals surface area contributed by atoms with E-state index < -0.39 is 9.85 Å². The summed E-state index contributed by atoms with van der Waals surface area (Å²) in [5.41, 5.74) is 2.46. The summed E-state index contributed by atoms with van der Waals surface area (Å²) in [7, 11) is 0. The fraction of sp³-hybridized carbons (Fsp3) is 0.105. The van der Waals surface area contributed by atoms with E-state index in [1.165, 1.54) is 24.3 Å². The third-order valence-corrected chi connectivity index (χ3v) is 4.10. The molecule has 1 saturated heterocycles. The minimum Gasteiger partial charge on any atom is -0.308 e. The minimum absolute atomic E-state index is 0. The first-order chi connectivity index (χ1) is 12.9. The van der Waals surface area contributed by atoms with E-state index in [0.29, 0.717) is 35.4 Å². The van der Waals surface area contributed by atoms with Gasteiger partial charge in [0.05, 0.1) is 9.85 Å². The summed E-state index contributed by atoms with van der Waals surface area (Å²) in [5, 5.41) is 24.6. The molecule has 1 aliphatic rings. The predicted molar refractivity (Wildman–Crippen MR) is 107 cm³/mol. The van der Waals surface area contributed by atoms with Gasteiger partial charge in [-0.2, -0.15) is 0 Å². The number of rotatable bonds is 4. The highest BCUT2D eigenvalue weighted by molar-refractivity contribution is 6.14. The Bertz CT molecular complexity index is 889. The number of Topliss-reactive ketones (excluding diaryl/α,β-unsaturated/α-hetero) is 1. The van der Waals surface area contributed by atoms with Gasteiger partial charge < -0.3 is 5.32 Å². The minimum atomic E-state index is -0.477. The number of piperidine rings is 1. The molecule has 3 rings (SSSR count). The molecule has 0 amide bonds. The Labute approximate surface area is 166 Å². The number of carbonyl (C=O) groups excluding carboxylic acids is 1. The summed E-state index contributed by atoms with van der Waals surface area (Å²) >= 11 is 0. The zero-order valence-electron chi connectivity index (χ0n) is 14.5. The number of nitro benzene ring substituents is 2. The van der Waals surface area contributed by atoms with E-state index in [1.54, 1.807) is 36.4 Å². The fourth-order valence-electron chi connectivity index (χ4n) is 2.72. The van der Waals surface area contributed by atoms with Crippen molar-refractivity contribution in [3.8, 4) is 0 Å². The second-order valence-electron chi connectivity index (χ2n) is 5.97. The lowest BCUT2D eigenvalue weighted by Gasteiger charge is -2.18. The highest BCUT2D eigenvalue weighted by Crippen LogP contribution is 2.20. The topological polar surface area (TPSA) is 115 Å². The normalized spacial score (nSPS) is 16.6. The molecule has 0 spiro atoms. The number of ketones is 1. The van der Waals surface area contributed by atoms with Gasteiger partial charge in [0.2, 0.25) is 0 Å². The number of nitro groups is 2. The molecule has 0 aliphatic carbocycles. The number of nitrogens with one attached hydrogen (secondary N) is 1. The molecule has 2 aromatic rings. The molecule has 0 radical (unpaired) electrons. The Morgan fingerprint density at radius 3 is 1.43 bits per heavy atom. The van der Waals surface area contributed by atoms with E-state index in [2.05, 4.69) is 5.32 Å². The summed E-state index contributed by atoms with van der Waals surface area (Å²) in [6.45, 7) is 0.793. The van der Waals surface area contributed by atoms with Gasteiger partial charge in [-0.25, -0.2) is 0 Å². The molecule has 0 atom stereocenters. The van der Waals surface area contributed by atoms with Gasteiger partial charge in [-0.3, -0.25) is 25.0 Å². The van der Waals surface area contributed by atoms with Crippen LogP contribution in [0.3, 0.4) is 0 Å². The van der Waals surface area contributed by atoms with E-state index in [0.717, 1.165) is 0 Å². The molecule has 0 unspecified atom stereocenters. The second-order valence-corrected chi connectivity index (χ2v) is 5.97. The highest BCUT2D eigenvalue weighted by Gasteiger charge is 2.20. The average molecular weight is 402 g/mol. The van der Waals surface area contributed by atoms with Crippen LogP contribution in [-0.2, 0) is 4.79 Å². The van der Waals surface area contributed by atoms with Crippen molar-refractivity contribution in [2.45, 2.75) is 0 Å². The standard InChI is InChI=1S/C19H15N3O5.ClH/c23-19-15(9-13-1-5-17(6-2-13)21(24)25)11-20-12-16(19)10-14-3-7-18(8-4-14)22(26)27;/h1-10,20H,11-12H2;1H/b15-9+,16-10+;. The van der Waals surface area contributed by atoms with Gasteiger partial charge in [0, 0.05) is 48.5 Å². The highest BCUT2D eigenvalue weighted by atomic mass is 35.5. The molecule has 1 fully saturated rings. The molecule has 9 heteroatoms. The van der Waals surface area contributed by atoms with Gasteiger partial charge in [0.15, 0.2) is 5.78 Å². The van der Waals surface area contributed by atoms with Crippen LogP contribution >= 0.6 is 12.4 Å². The first kappa shape index (κ1) is 20.9. The summed E-state index contributed by atoms with van der Waals surface area (Å²) in [6, 6.07) is 11.9. The van der Waals surface area contributed by atoms with Gasteiger partial charge >= 0.3 is 0 Å². The number of carbonyl (C=O) groups is 1. The average Bonchev–Trinajstić information content (AvgIpc) is 2.66. The largest absolute Gasteiger partial charge is 0.308 e. The number of nitrogens with zero attached hydrogens (tertiary/aromatic N) is 2. The monoisotopic (exact) mass is 401 g/mol. The van der Waals surface area contributed by atoms with Crippen molar-refractivity contribution in [1.29, 1.82) is 0 Å². The number of halogens is 1. The van der Waals surface area contributed by atoms with Crippen molar-refractivity contribution in [3.05, 3.63) is 91.0 Å². The molecule has 8 nitrogen and oxygen atoms in total. The number of hydrogen-bond acceptors (Lipinski definition) is 6.